The maximum Gasteiger partial charge on any atom is 0.251 e. The maximum absolute atomic E-state index is 13.8. The average molecular weight is 393 g/mol. The molecular weight excluding hydrogens is 371 g/mol. The number of amides is 2. The van der Waals surface area contributed by atoms with E-state index >= 15 is 0 Å². The number of ether oxygens (including phenoxy) is 1. The average Bonchev–Trinajstić information content (AvgIpc) is 2.67. The summed E-state index contributed by atoms with van der Waals surface area (Å²) in [6.45, 7) is 0.466. The van der Waals surface area contributed by atoms with Crippen LogP contribution in [0.25, 0.3) is 0 Å². The van der Waals surface area contributed by atoms with Crippen LogP contribution in [0.5, 0.6) is 5.75 Å². The molecule has 7 heteroatoms. The highest BCUT2D eigenvalue weighted by molar-refractivity contribution is 6.31. The minimum Gasteiger partial charge on any atom is -0.497 e. The minimum absolute atomic E-state index is 0.0997. The lowest BCUT2D eigenvalue weighted by molar-refractivity contribution is -0.130. The summed E-state index contributed by atoms with van der Waals surface area (Å²) in [7, 11) is 3.16. The van der Waals surface area contributed by atoms with Crippen molar-refractivity contribution in [3.63, 3.8) is 0 Å². The quantitative estimate of drug-likeness (QED) is 0.697. The van der Waals surface area contributed by atoms with Crippen LogP contribution < -0.4 is 10.1 Å². The Labute approximate surface area is 163 Å². The molecule has 0 aliphatic heterocycles. The fourth-order valence-corrected chi connectivity index (χ4v) is 2.71. The van der Waals surface area contributed by atoms with Crippen LogP contribution in [0.1, 0.15) is 28.8 Å². The van der Waals surface area contributed by atoms with Gasteiger partial charge in [-0.25, -0.2) is 4.39 Å². The molecule has 0 atom stereocenters. The monoisotopic (exact) mass is 392 g/mol. The summed E-state index contributed by atoms with van der Waals surface area (Å²) in [5, 5.41) is 3.06. The fraction of sp³-hybridized carbons (Fsp3) is 0.300. The highest BCUT2D eigenvalue weighted by Crippen LogP contribution is 2.20. The molecule has 0 saturated carbocycles. The third-order valence-corrected chi connectivity index (χ3v) is 4.44. The van der Waals surface area contributed by atoms with E-state index in [1.807, 2.05) is 0 Å². The zero-order valence-corrected chi connectivity index (χ0v) is 16.1. The van der Waals surface area contributed by atoms with Crippen molar-refractivity contribution in [2.24, 2.45) is 0 Å². The highest BCUT2D eigenvalue weighted by atomic mass is 35.5. The molecule has 5 nitrogen and oxygen atoms in total. The Bertz CT molecular complexity index is 776. The smallest absolute Gasteiger partial charge is 0.251 e. The van der Waals surface area contributed by atoms with Gasteiger partial charge in [-0.15, -0.1) is 0 Å². The van der Waals surface area contributed by atoms with Gasteiger partial charge in [-0.05, 0) is 42.8 Å². The Morgan fingerprint density at radius 2 is 1.89 bits per heavy atom. The Morgan fingerprint density at radius 1 is 1.19 bits per heavy atom. The first-order valence-electron chi connectivity index (χ1n) is 8.51. The maximum atomic E-state index is 13.8. The van der Waals surface area contributed by atoms with Crippen LogP contribution >= 0.6 is 11.6 Å². The van der Waals surface area contributed by atoms with Crippen molar-refractivity contribution in [1.82, 2.24) is 10.2 Å². The van der Waals surface area contributed by atoms with E-state index in [4.69, 9.17) is 16.3 Å². The minimum atomic E-state index is -0.436. The molecule has 0 aliphatic rings. The van der Waals surface area contributed by atoms with E-state index in [0.717, 1.165) is 0 Å². The summed E-state index contributed by atoms with van der Waals surface area (Å²) in [6.07, 6.45) is 0.724. The molecule has 0 spiro atoms. The summed E-state index contributed by atoms with van der Waals surface area (Å²) < 4.78 is 18.8. The van der Waals surface area contributed by atoms with Crippen LogP contribution in [-0.2, 0) is 11.3 Å². The molecule has 0 fully saturated rings. The first-order valence-corrected chi connectivity index (χ1v) is 8.89. The van der Waals surface area contributed by atoms with Crippen LogP contribution in [0.3, 0.4) is 0 Å². The van der Waals surface area contributed by atoms with Crippen LogP contribution in [0, 0.1) is 5.82 Å². The van der Waals surface area contributed by atoms with Gasteiger partial charge in [0, 0.05) is 42.7 Å². The largest absolute Gasteiger partial charge is 0.497 e. The third-order valence-electron chi connectivity index (χ3n) is 4.09. The highest BCUT2D eigenvalue weighted by Gasteiger charge is 2.14. The Morgan fingerprint density at radius 3 is 2.52 bits per heavy atom. The van der Waals surface area contributed by atoms with Crippen LogP contribution in [0.15, 0.2) is 42.5 Å². The Kier molecular flexibility index (Phi) is 7.61. The Hall–Kier alpha value is -2.60. The van der Waals surface area contributed by atoms with E-state index in [0.29, 0.717) is 34.9 Å². The van der Waals surface area contributed by atoms with Gasteiger partial charge in [-0.3, -0.25) is 9.59 Å². The van der Waals surface area contributed by atoms with Gasteiger partial charge in [0.25, 0.3) is 5.91 Å². The van der Waals surface area contributed by atoms with Crippen molar-refractivity contribution in [1.29, 1.82) is 0 Å². The molecule has 2 rings (SSSR count). The van der Waals surface area contributed by atoms with Gasteiger partial charge >= 0.3 is 0 Å². The molecule has 0 saturated heterocycles. The SMILES string of the molecule is COc1ccc(C(=O)NCCCC(=O)N(C)Cc2c(F)cccc2Cl)cc1. The zero-order chi connectivity index (χ0) is 19.8. The molecule has 0 heterocycles. The zero-order valence-electron chi connectivity index (χ0n) is 15.3. The lowest BCUT2D eigenvalue weighted by Gasteiger charge is -2.18. The van der Waals surface area contributed by atoms with Gasteiger partial charge in [0.05, 0.1) is 7.11 Å². The van der Waals surface area contributed by atoms with Crippen molar-refractivity contribution in [2.75, 3.05) is 20.7 Å². The topological polar surface area (TPSA) is 58.6 Å². The molecule has 0 radical (unpaired) electrons. The summed E-state index contributed by atoms with van der Waals surface area (Å²) in [6, 6.07) is 11.2. The molecule has 0 bridgehead atoms. The number of nitrogens with one attached hydrogen (secondary N) is 1. The van der Waals surface area contributed by atoms with Crippen molar-refractivity contribution in [2.45, 2.75) is 19.4 Å². The molecule has 0 aromatic heterocycles. The molecule has 0 unspecified atom stereocenters. The first kappa shape index (κ1) is 20.7. The fourth-order valence-electron chi connectivity index (χ4n) is 2.49. The van der Waals surface area contributed by atoms with Crippen molar-refractivity contribution in [3.05, 3.63) is 64.4 Å². The molecule has 2 aromatic carbocycles. The molecule has 1 N–H and O–H groups in total. The molecule has 27 heavy (non-hydrogen) atoms. The van der Waals surface area contributed by atoms with Gasteiger partial charge in [-0.1, -0.05) is 17.7 Å². The van der Waals surface area contributed by atoms with E-state index in [-0.39, 0.29) is 24.8 Å². The first-order chi connectivity index (χ1) is 12.9. The number of carbonyl (C=O) groups excluding carboxylic acids is 2. The summed E-state index contributed by atoms with van der Waals surface area (Å²) in [5.41, 5.74) is 0.816. The van der Waals surface area contributed by atoms with Gasteiger partial charge in [0.1, 0.15) is 11.6 Å². The summed E-state index contributed by atoms with van der Waals surface area (Å²) in [5.74, 6) is -0.117. The molecule has 2 amide bonds. The number of carbonyl (C=O) groups is 2. The Balaban J connectivity index is 1.75. The molecular formula is C20H22ClFN2O3. The predicted molar refractivity (Wildman–Crippen MR) is 102 cm³/mol. The van der Waals surface area contributed by atoms with E-state index < -0.39 is 5.82 Å². The number of rotatable bonds is 8. The van der Waals surface area contributed by atoms with Crippen LogP contribution in [0.4, 0.5) is 4.39 Å². The normalized spacial score (nSPS) is 10.4. The lowest BCUT2D eigenvalue weighted by atomic mass is 10.2. The number of hydrogen-bond acceptors (Lipinski definition) is 3. The van der Waals surface area contributed by atoms with E-state index in [1.54, 1.807) is 44.5 Å². The van der Waals surface area contributed by atoms with Crippen LogP contribution in [-0.4, -0.2) is 37.4 Å². The van der Waals surface area contributed by atoms with Gasteiger partial charge in [0.15, 0.2) is 0 Å². The van der Waals surface area contributed by atoms with Gasteiger partial charge in [0.2, 0.25) is 5.91 Å². The van der Waals surface area contributed by atoms with Crippen molar-refractivity contribution >= 4 is 23.4 Å². The second-order valence-electron chi connectivity index (χ2n) is 6.04. The standard InChI is InChI=1S/C20H22ClFN2O3/c1-24(13-16-17(21)5-3-6-18(16)22)19(25)7-4-12-23-20(26)14-8-10-15(27-2)11-9-14/h3,5-6,8-11H,4,7,12-13H2,1-2H3,(H,23,26). The van der Waals surface area contributed by atoms with Gasteiger partial charge < -0.3 is 15.0 Å². The summed E-state index contributed by atoms with van der Waals surface area (Å²) in [4.78, 5) is 25.7. The number of benzene rings is 2. The summed E-state index contributed by atoms with van der Waals surface area (Å²) >= 11 is 5.98. The van der Waals surface area contributed by atoms with Crippen molar-refractivity contribution in [3.8, 4) is 5.75 Å². The number of nitrogens with zero attached hydrogens (tertiary/aromatic N) is 1. The van der Waals surface area contributed by atoms with E-state index in [2.05, 4.69) is 5.32 Å². The number of halogens is 2. The van der Waals surface area contributed by atoms with E-state index in [1.165, 1.54) is 17.0 Å². The number of methoxy groups -OCH3 is 1. The second-order valence-corrected chi connectivity index (χ2v) is 6.45. The molecule has 144 valence electrons. The molecule has 2 aromatic rings. The van der Waals surface area contributed by atoms with E-state index in [9.17, 15) is 14.0 Å². The lowest BCUT2D eigenvalue weighted by Crippen LogP contribution is -2.29. The van der Waals surface area contributed by atoms with Crippen LogP contribution in [0.2, 0.25) is 5.02 Å². The second kappa shape index (κ2) is 9.92. The third kappa shape index (κ3) is 5.96. The predicted octanol–water partition coefficient (Wildman–Crippen LogP) is 3.66. The molecule has 0 aliphatic carbocycles. The van der Waals surface area contributed by atoms with Crippen molar-refractivity contribution < 1.29 is 18.7 Å². The van der Waals surface area contributed by atoms with Gasteiger partial charge in [-0.2, -0.15) is 0 Å². The number of hydrogen-bond donors (Lipinski definition) is 1.